The Morgan fingerprint density at radius 1 is 1.20 bits per heavy atom. The van der Waals surface area contributed by atoms with Gasteiger partial charge in [0.2, 0.25) is 0 Å². The minimum Gasteiger partial charge on any atom is -0.490 e. The molecule has 2 heterocycles. The lowest BCUT2D eigenvalue weighted by atomic mass is 10.0. The standard InChI is InChI=1S/C15H19BrO4/c1-9-3-4-12(20-9)15(17)10-7-13-14(8-11(10)16)19-6-2-5-18-13/h7-9,12,15,17H,2-6H2,1H3. The van der Waals surface area contributed by atoms with Crippen LogP contribution in [0.5, 0.6) is 11.5 Å². The van der Waals surface area contributed by atoms with E-state index < -0.39 is 6.10 Å². The summed E-state index contributed by atoms with van der Waals surface area (Å²) in [5.41, 5.74) is 0.799. The maximum absolute atomic E-state index is 10.5. The van der Waals surface area contributed by atoms with Gasteiger partial charge >= 0.3 is 0 Å². The number of hydrogen-bond acceptors (Lipinski definition) is 4. The van der Waals surface area contributed by atoms with Gasteiger partial charge in [0, 0.05) is 16.5 Å². The van der Waals surface area contributed by atoms with Crippen molar-refractivity contribution in [1.29, 1.82) is 0 Å². The zero-order valence-electron chi connectivity index (χ0n) is 11.5. The van der Waals surface area contributed by atoms with Gasteiger partial charge in [-0.15, -0.1) is 0 Å². The monoisotopic (exact) mass is 342 g/mol. The third-order valence-corrected chi connectivity index (χ3v) is 4.49. The molecular weight excluding hydrogens is 324 g/mol. The van der Waals surface area contributed by atoms with Crippen molar-refractivity contribution in [3.63, 3.8) is 0 Å². The maximum atomic E-state index is 10.5. The fourth-order valence-electron chi connectivity index (χ4n) is 2.69. The van der Waals surface area contributed by atoms with Crippen molar-refractivity contribution in [2.45, 2.75) is 44.5 Å². The third-order valence-electron chi connectivity index (χ3n) is 3.80. The predicted molar refractivity (Wildman–Crippen MR) is 78.3 cm³/mol. The number of hydrogen-bond donors (Lipinski definition) is 1. The summed E-state index contributed by atoms with van der Waals surface area (Å²) in [6.07, 6.45) is 2.16. The van der Waals surface area contributed by atoms with E-state index in [1.54, 1.807) is 0 Å². The van der Waals surface area contributed by atoms with Crippen molar-refractivity contribution in [3.05, 3.63) is 22.2 Å². The highest BCUT2D eigenvalue weighted by atomic mass is 79.9. The van der Waals surface area contributed by atoms with Crippen LogP contribution < -0.4 is 9.47 Å². The van der Waals surface area contributed by atoms with Gasteiger partial charge in [-0.25, -0.2) is 0 Å². The number of rotatable bonds is 2. The molecule has 4 nitrogen and oxygen atoms in total. The van der Waals surface area contributed by atoms with Crippen molar-refractivity contribution in [2.75, 3.05) is 13.2 Å². The van der Waals surface area contributed by atoms with Crippen molar-refractivity contribution >= 4 is 15.9 Å². The molecule has 2 aliphatic heterocycles. The fraction of sp³-hybridized carbons (Fsp3) is 0.600. The molecule has 0 radical (unpaired) electrons. The Morgan fingerprint density at radius 2 is 1.90 bits per heavy atom. The van der Waals surface area contributed by atoms with Crippen LogP contribution in [0.15, 0.2) is 16.6 Å². The lowest BCUT2D eigenvalue weighted by Gasteiger charge is -2.21. The summed E-state index contributed by atoms with van der Waals surface area (Å²) in [6, 6.07) is 3.74. The molecule has 1 aromatic carbocycles. The number of fused-ring (bicyclic) bond motifs is 1. The zero-order chi connectivity index (χ0) is 14.1. The van der Waals surface area contributed by atoms with Crippen LogP contribution in [-0.4, -0.2) is 30.5 Å². The number of aliphatic hydroxyl groups excluding tert-OH is 1. The smallest absolute Gasteiger partial charge is 0.162 e. The van der Waals surface area contributed by atoms with Gasteiger partial charge in [-0.3, -0.25) is 0 Å². The fourth-order valence-corrected chi connectivity index (χ4v) is 3.25. The summed E-state index contributed by atoms with van der Waals surface area (Å²) >= 11 is 3.51. The van der Waals surface area contributed by atoms with E-state index in [1.165, 1.54) is 0 Å². The molecule has 2 aliphatic rings. The molecule has 0 aromatic heterocycles. The van der Waals surface area contributed by atoms with Crippen LogP contribution in [0.3, 0.4) is 0 Å². The Balaban J connectivity index is 1.87. The molecular formula is C15H19BrO4. The predicted octanol–water partition coefficient (Wildman–Crippen LogP) is 3.21. The largest absolute Gasteiger partial charge is 0.490 e. The van der Waals surface area contributed by atoms with Gasteiger partial charge < -0.3 is 19.3 Å². The highest BCUT2D eigenvalue weighted by Gasteiger charge is 2.31. The first kappa shape index (κ1) is 14.2. The molecule has 3 atom stereocenters. The first-order chi connectivity index (χ1) is 9.65. The maximum Gasteiger partial charge on any atom is 0.162 e. The van der Waals surface area contributed by atoms with Gasteiger partial charge in [-0.05, 0) is 31.9 Å². The SMILES string of the molecule is CC1CCC(C(O)c2cc3c(cc2Br)OCCCO3)O1. The number of ether oxygens (including phenoxy) is 3. The minimum atomic E-state index is -0.647. The van der Waals surface area contributed by atoms with E-state index >= 15 is 0 Å². The third kappa shape index (κ3) is 2.80. The van der Waals surface area contributed by atoms with Crippen molar-refractivity contribution in [2.24, 2.45) is 0 Å². The van der Waals surface area contributed by atoms with Crippen LogP contribution in [0.1, 0.15) is 37.9 Å². The lowest BCUT2D eigenvalue weighted by Crippen LogP contribution is -2.19. The molecule has 0 spiro atoms. The van der Waals surface area contributed by atoms with Crippen molar-refractivity contribution in [1.82, 2.24) is 0 Å². The highest BCUT2D eigenvalue weighted by molar-refractivity contribution is 9.10. The number of aliphatic hydroxyl groups is 1. The molecule has 1 saturated heterocycles. The molecule has 1 N–H and O–H groups in total. The summed E-state index contributed by atoms with van der Waals surface area (Å²) in [4.78, 5) is 0. The Hall–Kier alpha value is -0.780. The molecule has 0 aliphatic carbocycles. The Morgan fingerprint density at radius 3 is 2.55 bits per heavy atom. The highest BCUT2D eigenvalue weighted by Crippen LogP contribution is 2.40. The quantitative estimate of drug-likeness (QED) is 0.896. The van der Waals surface area contributed by atoms with Gasteiger partial charge in [0.05, 0.1) is 25.4 Å². The van der Waals surface area contributed by atoms with Crippen LogP contribution in [0, 0.1) is 0 Å². The van der Waals surface area contributed by atoms with Crippen molar-refractivity contribution in [3.8, 4) is 11.5 Å². The van der Waals surface area contributed by atoms with E-state index in [9.17, 15) is 5.11 Å². The topological polar surface area (TPSA) is 47.9 Å². The van der Waals surface area contributed by atoms with Gasteiger partial charge in [0.15, 0.2) is 11.5 Å². The lowest BCUT2D eigenvalue weighted by molar-refractivity contribution is -0.0301. The first-order valence-corrected chi connectivity index (χ1v) is 7.87. The minimum absolute atomic E-state index is 0.147. The Kier molecular flexibility index (Phi) is 4.19. The van der Waals surface area contributed by atoms with E-state index in [0.717, 1.165) is 35.0 Å². The molecule has 20 heavy (non-hydrogen) atoms. The van der Waals surface area contributed by atoms with E-state index in [1.807, 2.05) is 19.1 Å². The van der Waals surface area contributed by atoms with Crippen LogP contribution in [-0.2, 0) is 4.74 Å². The zero-order valence-corrected chi connectivity index (χ0v) is 13.1. The normalized spacial score (nSPS) is 27.1. The Bertz CT molecular complexity index is 491. The molecule has 0 amide bonds. The average Bonchev–Trinajstić information content (AvgIpc) is 2.73. The Labute approximate surface area is 127 Å². The summed E-state index contributed by atoms with van der Waals surface area (Å²) in [6.45, 7) is 3.33. The average molecular weight is 343 g/mol. The van der Waals surface area contributed by atoms with Gasteiger partial charge in [0.25, 0.3) is 0 Å². The molecule has 0 bridgehead atoms. The molecule has 3 unspecified atom stereocenters. The number of halogens is 1. The van der Waals surface area contributed by atoms with Crippen molar-refractivity contribution < 1.29 is 19.3 Å². The van der Waals surface area contributed by atoms with Crippen LogP contribution in [0.25, 0.3) is 0 Å². The molecule has 3 rings (SSSR count). The van der Waals surface area contributed by atoms with Crippen LogP contribution in [0.4, 0.5) is 0 Å². The molecule has 5 heteroatoms. The molecule has 110 valence electrons. The molecule has 1 aromatic rings. The second-order valence-electron chi connectivity index (χ2n) is 5.38. The van der Waals surface area contributed by atoms with E-state index in [2.05, 4.69) is 15.9 Å². The summed E-state index contributed by atoms with van der Waals surface area (Å²) in [5.74, 6) is 1.43. The van der Waals surface area contributed by atoms with Gasteiger partial charge in [-0.2, -0.15) is 0 Å². The first-order valence-electron chi connectivity index (χ1n) is 7.07. The van der Waals surface area contributed by atoms with Gasteiger partial charge in [0.1, 0.15) is 6.10 Å². The molecule has 1 fully saturated rings. The van der Waals surface area contributed by atoms with Gasteiger partial charge in [-0.1, -0.05) is 15.9 Å². The van der Waals surface area contributed by atoms with E-state index in [4.69, 9.17) is 14.2 Å². The second kappa shape index (κ2) is 5.92. The number of benzene rings is 1. The second-order valence-corrected chi connectivity index (χ2v) is 6.23. The summed E-state index contributed by atoms with van der Waals surface area (Å²) in [5, 5.41) is 10.5. The summed E-state index contributed by atoms with van der Waals surface area (Å²) in [7, 11) is 0. The summed E-state index contributed by atoms with van der Waals surface area (Å²) < 4.78 is 17.9. The molecule has 0 saturated carbocycles. The van der Waals surface area contributed by atoms with Crippen LogP contribution >= 0.6 is 15.9 Å². The van der Waals surface area contributed by atoms with Crippen LogP contribution in [0.2, 0.25) is 0 Å². The van der Waals surface area contributed by atoms with E-state index in [0.29, 0.717) is 19.0 Å². The van der Waals surface area contributed by atoms with E-state index in [-0.39, 0.29) is 12.2 Å².